The second-order valence-corrected chi connectivity index (χ2v) is 2.74. The molecule has 4 heteroatoms. The summed E-state index contributed by atoms with van der Waals surface area (Å²) in [5.41, 5.74) is 0. The molecule has 1 fully saturated rings. The molecule has 0 radical (unpaired) electrons. The molecule has 1 aliphatic heterocycles. The van der Waals surface area contributed by atoms with Crippen LogP contribution in [0.4, 0.5) is 0 Å². The zero-order valence-electron chi connectivity index (χ0n) is 6.32. The third kappa shape index (κ3) is 4.89. The summed E-state index contributed by atoms with van der Waals surface area (Å²) in [6.45, 7) is 3.83. The van der Waals surface area contributed by atoms with E-state index >= 15 is 0 Å². The number of hydrogen-bond acceptors (Lipinski definition) is 4. The first kappa shape index (κ1) is 8.64. The van der Waals surface area contributed by atoms with Gasteiger partial charge in [0.25, 0.3) is 0 Å². The van der Waals surface area contributed by atoms with Crippen LogP contribution in [0.2, 0.25) is 0 Å². The highest BCUT2D eigenvalue weighted by molar-refractivity contribution is 7.03. The summed E-state index contributed by atoms with van der Waals surface area (Å²) >= 11 is 1.46. The van der Waals surface area contributed by atoms with Crippen molar-refractivity contribution >= 4 is 11.5 Å². The number of morpholine rings is 1. The average molecular weight is 172 g/mol. The standard InChI is InChI=1S/C4H9NO.C3H3NS/c1-3-6-4-2-5-1;1-2-4-5-3-1/h5H,1-4H2;1-3H. The highest BCUT2D eigenvalue weighted by Gasteiger charge is 1.92. The van der Waals surface area contributed by atoms with Crippen LogP contribution in [-0.2, 0) is 4.74 Å². The Kier molecular flexibility index (Phi) is 4.93. The minimum atomic E-state index is 0.889. The maximum Gasteiger partial charge on any atom is 0.0591 e. The molecule has 0 spiro atoms. The number of nitrogens with zero attached hydrogens (tertiary/aromatic N) is 1. The molecular formula is C7H12N2OS. The molecule has 0 aromatic carbocycles. The molecule has 0 amide bonds. The Bertz CT molecular complexity index is 123. The predicted molar refractivity (Wildman–Crippen MR) is 45.8 cm³/mol. The molecule has 1 N–H and O–H groups in total. The first-order valence-corrected chi connectivity index (χ1v) is 4.46. The number of ether oxygens (including phenoxy) is 1. The molecule has 11 heavy (non-hydrogen) atoms. The monoisotopic (exact) mass is 172 g/mol. The number of aromatic nitrogens is 1. The fraction of sp³-hybridized carbons (Fsp3) is 0.571. The Morgan fingerprint density at radius 2 is 2.18 bits per heavy atom. The van der Waals surface area contributed by atoms with E-state index in [9.17, 15) is 0 Å². The molecule has 62 valence electrons. The first-order valence-electron chi connectivity index (χ1n) is 3.63. The molecule has 0 atom stereocenters. The SMILES string of the molecule is C1COCCN1.c1cnsc1. The fourth-order valence-electron chi connectivity index (χ4n) is 0.691. The van der Waals surface area contributed by atoms with Gasteiger partial charge in [-0.2, -0.15) is 0 Å². The summed E-state index contributed by atoms with van der Waals surface area (Å²) in [6, 6.07) is 1.91. The molecule has 0 saturated carbocycles. The third-order valence-electron chi connectivity index (χ3n) is 1.19. The van der Waals surface area contributed by atoms with Gasteiger partial charge in [0.2, 0.25) is 0 Å². The van der Waals surface area contributed by atoms with E-state index in [0.717, 1.165) is 26.3 Å². The van der Waals surface area contributed by atoms with Crippen molar-refractivity contribution in [2.75, 3.05) is 26.3 Å². The maximum absolute atomic E-state index is 5.01. The summed E-state index contributed by atoms with van der Waals surface area (Å²) in [5.74, 6) is 0. The summed E-state index contributed by atoms with van der Waals surface area (Å²) < 4.78 is 8.77. The summed E-state index contributed by atoms with van der Waals surface area (Å²) in [7, 11) is 0. The van der Waals surface area contributed by atoms with Crippen molar-refractivity contribution < 1.29 is 4.74 Å². The topological polar surface area (TPSA) is 34.1 Å². The van der Waals surface area contributed by atoms with Gasteiger partial charge < -0.3 is 10.1 Å². The van der Waals surface area contributed by atoms with Crippen LogP contribution in [0, 0.1) is 0 Å². The minimum Gasteiger partial charge on any atom is -0.379 e. The zero-order chi connectivity index (χ0) is 7.78. The second kappa shape index (κ2) is 6.27. The van der Waals surface area contributed by atoms with E-state index in [4.69, 9.17) is 4.74 Å². The minimum absolute atomic E-state index is 0.889. The predicted octanol–water partition coefficient (Wildman–Crippen LogP) is 0.749. The summed E-state index contributed by atoms with van der Waals surface area (Å²) in [4.78, 5) is 0. The molecule has 3 nitrogen and oxygen atoms in total. The molecular weight excluding hydrogens is 160 g/mol. The largest absolute Gasteiger partial charge is 0.379 e. The lowest BCUT2D eigenvalue weighted by Crippen LogP contribution is -2.30. The van der Waals surface area contributed by atoms with E-state index in [1.54, 1.807) is 6.20 Å². The van der Waals surface area contributed by atoms with Crippen molar-refractivity contribution in [3.8, 4) is 0 Å². The third-order valence-corrected chi connectivity index (χ3v) is 1.72. The van der Waals surface area contributed by atoms with E-state index < -0.39 is 0 Å². The highest BCUT2D eigenvalue weighted by atomic mass is 32.1. The highest BCUT2D eigenvalue weighted by Crippen LogP contribution is 1.83. The van der Waals surface area contributed by atoms with Crippen molar-refractivity contribution in [2.24, 2.45) is 0 Å². The average Bonchev–Trinajstić information content (AvgIpc) is 2.64. The smallest absolute Gasteiger partial charge is 0.0591 e. The lowest BCUT2D eigenvalue weighted by Gasteiger charge is -2.10. The Hall–Kier alpha value is -0.450. The van der Waals surface area contributed by atoms with E-state index in [2.05, 4.69) is 9.69 Å². The molecule has 1 aliphatic rings. The van der Waals surface area contributed by atoms with Crippen LogP contribution in [0.1, 0.15) is 0 Å². The Morgan fingerprint density at radius 3 is 2.36 bits per heavy atom. The number of hydrogen-bond donors (Lipinski definition) is 1. The van der Waals surface area contributed by atoms with Gasteiger partial charge in [-0.1, -0.05) is 0 Å². The van der Waals surface area contributed by atoms with E-state index in [1.165, 1.54) is 11.5 Å². The lowest BCUT2D eigenvalue weighted by molar-refractivity contribution is 0.109. The van der Waals surface area contributed by atoms with Crippen molar-refractivity contribution in [1.82, 2.24) is 9.69 Å². The van der Waals surface area contributed by atoms with Gasteiger partial charge in [-0.25, -0.2) is 4.37 Å². The summed E-state index contributed by atoms with van der Waals surface area (Å²) in [5, 5.41) is 5.09. The van der Waals surface area contributed by atoms with Crippen LogP contribution < -0.4 is 5.32 Å². The van der Waals surface area contributed by atoms with E-state index in [0.29, 0.717) is 0 Å². The van der Waals surface area contributed by atoms with Gasteiger partial charge in [0, 0.05) is 24.7 Å². The van der Waals surface area contributed by atoms with Crippen LogP contribution in [0.3, 0.4) is 0 Å². The van der Waals surface area contributed by atoms with Crippen molar-refractivity contribution in [1.29, 1.82) is 0 Å². The van der Waals surface area contributed by atoms with Gasteiger partial charge in [0.1, 0.15) is 0 Å². The van der Waals surface area contributed by atoms with Crippen molar-refractivity contribution in [2.45, 2.75) is 0 Å². The molecule has 0 aliphatic carbocycles. The maximum atomic E-state index is 5.01. The summed E-state index contributed by atoms with van der Waals surface area (Å²) in [6.07, 6.45) is 1.77. The van der Waals surface area contributed by atoms with Crippen molar-refractivity contribution in [3.05, 3.63) is 17.6 Å². The normalized spacial score (nSPS) is 16.7. The first-order chi connectivity index (χ1) is 5.50. The Morgan fingerprint density at radius 1 is 1.36 bits per heavy atom. The molecule has 2 rings (SSSR count). The molecule has 0 unspecified atom stereocenters. The van der Waals surface area contributed by atoms with Gasteiger partial charge in [-0.05, 0) is 17.6 Å². The number of rotatable bonds is 0. The van der Waals surface area contributed by atoms with Crippen LogP contribution in [0.5, 0.6) is 0 Å². The quantitative estimate of drug-likeness (QED) is 0.627. The number of nitrogens with one attached hydrogen (secondary N) is 1. The fourth-order valence-corrected chi connectivity index (χ4v) is 1.04. The molecule has 0 bridgehead atoms. The van der Waals surface area contributed by atoms with Crippen LogP contribution in [0.25, 0.3) is 0 Å². The molecule has 2 heterocycles. The zero-order valence-corrected chi connectivity index (χ0v) is 7.14. The molecule has 1 aromatic heterocycles. The van der Waals surface area contributed by atoms with Gasteiger partial charge in [-0.3, -0.25) is 0 Å². The molecule has 1 aromatic rings. The lowest BCUT2D eigenvalue weighted by atomic mass is 10.5. The van der Waals surface area contributed by atoms with Gasteiger partial charge >= 0.3 is 0 Å². The Balaban J connectivity index is 0.000000112. The van der Waals surface area contributed by atoms with Crippen LogP contribution in [0.15, 0.2) is 17.6 Å². The van der Waals surface area contributed by atoms with E-state index in [1.807, 2.05) is 11.4 Å². The van der Waals surface area contributed by atoms with E-state index in [-0.39, 0.29) is 0 Å². The molecule has 1 saturated heterocycles. The van der Waals surface area contributed by atoms with Gasteiger partial charge in [-0.15, -0.1) is 0 Å². The van der Waals surface area contributed by atoms with Gasteiger partial charge in [0.05, 0.1) is 13.2 Å². The Labute approximate surface area is 70.6 Å². The van der Waals surface area contributed by atoms with Gasteiger partial charge in [0.15, 0.2) is 0 Å². The van der Waals surface area contributed by atoms with Crippen LogP contribution in [-0.4, -0.2) is 30.7 Å². The second-order valence-electron chi connectivity index (χ2n) is 2.05. The van der Waals surface area contributed by atoms with Crippen molar-refractivity contribution in [3.63, 3.8) is 0 Å². The van der Waals surface area contributed by atoms with Crippen LogP contribution >= 0.6 is 11.5 Å².